The van der Waals surface area contributed by atoms with E-state index in [4.69, 9.17) is 15.2 Å². The Kier molecular flexibility index (Phi) is 2.96. The smallest absolute Gasteiger partial charge is 0.137 e. The minimum Gasteiger partial charge on any atom is -0.461 e. The summed E-state index contributed by atoms with van der Waals surface area (Å²) in [5.74, 6) is 1.89. The molecule has 0 atom stereocenters. The van der Waals surface area contributed by atoms with Gasteiger partial charge in [0, 0.05) is 18.7 Å². The summed E-state index contributed by atoms with van der Waals surface area (Å²) in [6.45, 7) is 3.62. The van der Waals surface area contributed by atoms with Crippen molar-refractivity contribution in [3.8, 4) is 11.3 Å². The molecule has 0 radical (unpaired) electrons. The molecule has 3 heterocycles. The summed E-state index contributed by atoms with van der Waals surface area (Å²) in [7, 11) is 0. The van der Waals surface area contributed by atoms with Crippen LogP contribution in [0.5, 0.6) is 0 Å². The molecule has 0 bridgehead atoms. The normalized spacial score (nSPS) is 14.8. The maximum Gasteiger partial charge on any atom is 0.137 e. The molecule has 0 aromatic carbocycles. The van der Waals surface area contributed by atoms with Crippen molar-refractivity contribution >= 4 is 0 Å². The minimum absolute atomic E-state index is 0.628. The number of nitrogens with two attached hydrogens (primary N) is 1. The van der Waals surface area contributed by atoms with Crippen LogP contribution in [0.4, 0.5) is 0 Å². The van der Waals surface area contributed by atoms with Crippen LogP contribution in [-0.2, 0) is 19.4 Å². The molecule has 0 amide bonds. The Morgan fingerprint density at radius 3 is 3.00 bits per heavy atom. The molecule has 0 fully saturated rings. The Labute approximate surface area is 107 Å². The van der Waals surface area contributed by atoms with Crippen LogP contribution in [0.2, 0.25) is 0 Å². The van der Waals surface area contributed by atoms with Crippen molar-refractivity contribution < 1.29 is 4.42 Å². The topological polar surface area (TPSA) is 57.0 Å². The van der Waals surface area contributed by atoms with Gasteiger partial charge in [-0.15, -0.1) is 0 Å². The van der Waals surface area contributed by atoms with Gasteiger partial charge in [0.1, 0.15) is 11.5 Å². The summed E-state index contributed by atoms with van der Waals surface area (Å²) >= 11 is 0. The van der Waals surface area contributed by atoms with Gasteiger partial charge < -0.3 is 10.2 Å². The monoisotopic (exact) mass is 245 g/mol. The van der Waals surface area contributed by atoms with Gasteiger partial charge in [0.15, 0.2) is 0 Å². The Balaban J connectivity index is 2.12. The first kappa shape index (κ1) is 11.5. The molecule has 2 aromatic heterocycles. The number of aromatic nitrogens is 2. The lowest BCUT2D eigenvalue weighted by atomic mass is 10.0. The number of hydrogen-bond donors (Lipinski definition) is 1. The first-order chi connectivity index (χ1) is 8.79. The molecule has 1 aliphatic rings. The first-order valence-electron chi connectivity index (χ1n) is 6.65. The molecule has 0 saturated carbocycles. The van der Waals surface area contributed by atoms with E-state index in [2.05, 4.69) is 4.68 Å². The fourth-order valence-electron chi connectivity index (χ4n) is 2.71. The van der Waals surface area contributed by atoms with Crippen LogP contribution in [0, 0.1) is 6.92 Å². The van der Waals surface area contributed by atoms with E-state index in [9.17, 15) is 0 Å². The molecule has 2 N–H and O–H groups in total. The Morgan fingerprint density at radius 2 is 2.28 bits per heavy atom. The van der Waals surface area contributed by atoms with E-state index >= 15 is 0 Å². The van der Waals surface area contributed by atoms with E-state index in [1.165, 1.54) is 24.1 Å². The average Bonchev–Trinajstić information content (AvgIpc) is 2.92. The van der Waals surface area contributed by atoms with Crippen molar-refractivity contribution in [1.82, 2.24) is 9.78 Å². The zero-order chi connectivity index (χ0) is 12.5. The lowest BCUT2D eigenvalue weighted by molar-refractivity contribution is 0.482. The van der Waals surface area contributed by atoms with Crippen molar-refractivity contribution in [1.29, 1.82) is 0 Å². The van der Waals surface area contributed by atoms with Crippen LogP contribution in [0.25, 0.3) is 11.3 Å². The van der Waals surface area contributed by atoms with Gasteiger partial charge in [0.05, 0.1) is 11.3 Å². The second-order valence-corrected chi connectivity index (χ2v) is 4.90. The molecule has 18 heavy (non-hydrogen) atoms. The molecular formula is C14H19N3O. The fourth-order valence-corrected chi connectivity index (χ4v) is 2.71. The lowest BCUT2D eigenvalue weighted by Gasteiger charge is -2.13. The second-order valence-electron chi connectivity index (χ2n) is 4.90. The predicted molar refractivity (Wildman–Crippen MR) is 70.4 cm³/mol. The van der Waals surface area contributed by atoms with Crippen LogP contribution >= 0.6 is 0 Å². The molecular weight excluding hydrogens is 226 g/mol. The van der Waals surface area contributed by atoms with Crippen molar-refractivity contribution in [3.05, 3.63) is 29.3 Å². The van der Waals surface area contributed by atoms with Gasteiger partial charge in [-0.1, -0.05) is 0 Å². The van der Waals surface area contributed by atoms with Gasteiger partial charge >= 0.3 is 0 Å². The third kappa shape index (κ3) is 1.86. The van der Waals surface area contributed by atoms with Crippen LogP contribution in [0.3, 0.4) is 0 Å². The molecule has 96 valence electrons. The van der Waals surface area contributed by atoms with Crippen molar-refractivity contribution in [3.63, 3.8) is 0 Å². The molecule has 0 unspecified atom stereocenters. The maximum absolute atomic E-state index is 5.79. The van der Waals surface area contributed by atoms with E-state index in [0.717, 1.165) is 36.6 Å². The number of furan rings is 1. The molecule has 3 rings (SSSR count). The van der Waals surface area contributed by atoms with Crippen LogP contribution in [0.15, 0.2) is 16.5 Å². The van der Waals surface area contributed by atoms with Crippen molar-refractivity contribution in [2.24, 2.45) is 5.73 Å². The molecule has 2 aromatic rings. The van der Waals surface area contributed by atoms with Gasteiger partial charge in [-0.3, -0.25) is 4.68 Å². The second kappa shape index (κ2) is 4.61. The van der Waals surface area contributed by atoms with E-state index in [1.54, 1.807) is 0 Å². The number of fused-ring (bicyclic) bond motifs is 1. The molecule has 0 saturated heterocycles. The predicted octanol–water partition coefficient (Wildman–Crippen LogP) is 2.29. The van der Waals surface area contributed by atoms with Crippen LogP contribution in [0.1, 0.15) is 30.0 Å². The summed E-state index contributed by atoms with van der Waals surface area (Å²) in [6.07, 6.45) is 4.36. The van der Waals surface area contributed by atoms with Gasteiger partial charge in [0.2, 0.25) is 0 Å². The third-order valence-corrected chi connectivity index (χ3v) is 3.53. The summed E-state index contributed by atoms with van der Waals surface area (Å²) in [5.41, 5.74) is 9.28. The highest BCUT2D eigenvalue weighted by Crippen LogP contribution is 2.32. The zero-order valence-electron chi connectivity index (χ0n) is 10.8. The standard InChI is InChI=1S/C14H19N3O/c1-10-5-6-13(18-10)14-11(7-8-15)16-17-9-3-2-4-12(14)17/h5-6H,2-4,7-9,15H2,1H3. The largest absolute Gasteiger partial charge is 0.461 e. The highest BCUT2D eigenvalue weighted by atomic mass is 16.3. The highest BCUT2D eigenvalue weighted by molar-refractivity contribution is 5.64. The summed E-state index contributed by atoms with van der Waals surface area (Å²) < 4.78 is 7.93. The third-order valence-electron chi connectivity index (χ3n) is 3.53. The minimum atomic E-state index is 0.628. The maximum atomic E-state index is 5.79. The van der Waals surface area contributed by atoms with E-state index < -0.39 is 0 Å². The van der Waals surface area contributed by atoms with Crippen LogP contribution < -0.4 is 5.73 Å². The highest BCUT2D eigenvalue weighted by Gasteiger charge is 2.22. The number of hydrogen-bond acceptors (Lipinski definition) is 3. The Hall–Kier alpha value is -1.55. The van der Waals surface area contributed by atoms with Crippen LogP contribution in [-0.4, -0.2) is 16.3 Å². The Morgan fingerprint density at radius 1 is 1.39 bits per heavy atom. The Bertz CT molecular complexity index is 553. The van der Waals surface area contributed by atoms with Gasteiger partial charge in [-0.05, 0) is 44.9 Å². The first-order valence-corrected chi connectivity index (χ1v) is 6.65. The van der Waals surface area contributed by atoms with Crippen molar-refractivity contribution in [2.45, 2.75) is 39.2 Å². The molecule has 0 aliphatic carbocycles. The van der Waals surface area contributed by atoms with Gasteiger partial charge in [-0.25, -0.2) is 0 Å². The van der Waals surface area contributed by atoms with E-state index in [0.29, 0.717) is 6.54 Å². The number of rotatable bonds is 3. The zero-order valence-corrected chi connectivity index (χ0v) is 10.8. The number of nitrogens with zero attached hydrogens (tertiary/aromatic N) is 2. The van der Waals surface area contributed by atoms with E-state index in [-0.39, 0.29) is 0 Å². The molecule has 4 nitrogen and oxygen atoms in total. The van der Waals surface area contributed by atoms with Crippen molar-refractivity contribution in [2.75, 3.05) is 6.54 Å². The summed E-state index contributed by atoms with van der Waals surface area (Å²) in [5, 5.41) is 4.70. The van der Waals surface area contributed by atoms with Gasteiger partial charge in [-0.2, -0.15) is 5.10 Å². The molecule has 1 aliphatic heterocycles. The molecule has 4 heteroatoms. The number of aryl methyl sites for hydroxylation is 2. The molecule has 0 spiro atoms. The summed E-state index contributed by atoms with van der Waals surface area (Å²) in [4.78, 5) is 0. The quantitative estimate of drug-likeness (QED) is 0.902. The fraction of sp³-hybridized carbons (Fsp3) is 0.500. The van der Waals surface area contributed by atoms with Gasteiger partial charge in [0.25, 0.3) is 0 Å². The average molecular weight is 245 g/mol. The van der Waals surface area contributed by atoms with E-state index in [1.807, 2.05) is 19.1 Å². The summed E-state index contributed by atoms with van der Waals surface area (Å²) in [6, 6.07) is 4.05. The lowest BCUT2D eigenvalue weighted by Crippen LogP contribution is -2.11. The SMILES string of the molecule is Cc1ccc(-c2c(CCN)nn3c2CCCC3)o1.